The first kappa shape index (κ1) is 15.0. The second-order valence-corrected chi connectivity index (χ2v) is 6.33. The van der Waals surface area contributed by atoms with Crippen LogP contribution in [0.4, 0.5) is 5.69 Å². The molecule has 1 unspecified atom stereocenters. The van der Waals surface area contributed by atoms with Gasteiger partial charge in [-0.2, -0.15) is 5.26 Å². The first-order chi connectivity index (χ1) is 9.92. The summed E-state index contributed by atoms with van der Waals surface area (Å²) in [4.78, 5) is 3.87. The fraction of sp³-hybridized carbons (Fsp3) is 0.231. The fourth-order valence-corrected chi connectivity index (χ4v) is 3.29. The zero-order valence-electron chi connectivity index (χ0n) is 11.4. The van der Waals surface area contributed by atoms with Crippen LogP contribution in [-0.2, 0) is 16.6 Å². The molecule has 0 amide bonds. The summed E-state index contributed by atoms with van der Waals surface area (Å²) in [5.74, 6) is 0. The van der Waals surface area contributed by atoms with Crippen molar-refractivity contribution >= 4 is 15.7 Å². The van der Waals surface area contributed by atoms with Crippen LogP contribution >= 0.6 is 0 Å². The van der Waals surface area contributed by atoms with E-state index < -0.39 is 10.0 Å². The van der Waals surface area contributed by atoms with Crippen molar-refractivity contribution in [2.45, 2.75) is 24.4 Å². The molecule has 110 valence electrons. The monoisotopic (exact) mass is 305 g/mol. The van der Waals surface area contributed by atoms with Crippen molar-refractivity contribution in [3.8, 4) is 6.07 Å². The Morgan fingerprint density at radius 3 is 2.86 bits per heavy atom. The van der Waals surface area contributed by atoms with Crippen LogP contribution in [0, 0.1) is 11.3 Å². The maximum Gasteiger partial charge on any atom is 0.242 e. The molecule has 1 aromatic carbocycles. The molecule has 7 nitrogen and oxygen atoms in total. The summed E-state index contributed by atoms with van der Waals surface area (Å²) in [6.07, 6.45) is 4.99. The number of aromatic nitrogens is 2. The van der Waals surface area contributed by atoms with Gasteiger partial charge in [0.05, 0.1) is 23.6 Å². The zero-order valence-corrected chi connectivity index (χ0v) is 12.2. The Bertz CT molecular complexity index is 762. The van der Waals surface area contributed by atoms with Crippen molar-refractivity contribution in [3.05, 3.63) is 42.5 Å². The van der Waals surface area contributed by atoms with Gasteiger partial charge in [0.2, 0.25) is 10.0 Å². The Balaban J connectivity index is 2.16. The van der Waals surface area contributed by atoms with E-state index in [1.807, 2.05) is 6.07 Å². The van der Waals surface area contributed by atoms with Gasteiger partial charge in [-0.15, -0.1) is 0 Å². The van der Waals surface area contributed by atoms with Crippen molar-refractivity contribution in [2.24, 2.45) is 0 Å². The van der Waals surface area contributed by atoms with Crippen LogP contribution in [0.5, 0.6) is 0 Å². The summed E-state index contributed by atoms with van der Waals surface area (Å²) in [5.41, 5.74) is 6.08. The number of hydrogen-bond acceptors (Lipinski definition) is 5. The van der Waals surface area contributed by atoms with Gasteiger partial charge in [0.15, 0.2) is 0 Å². The van der Waals surface area contributed by atoms with E-state index in [1.165, 1.54) is 18.2 Å². The maximum absolute atomic E-state index is 12.3. The first-order valence-electron chi connectivity index (χ1n) is 6.20. The lowest BCUT2D eigenvalue weighted by atomic mass is 10.2. The minimum absolute atomic E-state index is 0.0287. The number of benzene rings is 1. The molecule has 21 heavy (non-hydrogen) atoms. The molecule has 0 saturated carbocycles. The molecule has 8 heteroatoms. The Hall–Kier alpha value is -2.37. The third-order valence-corrected chi connectivity index (χ3v) is 4.49. The average molecular weight is 305 g/mol. The minimum atomic E-state index is -3.74. The Morgan fingerprint density at radius 2 is 2.29 bits per heavy atom. The van der Waals surface area contributed by atoms with Gasteiger partial charge < -0.3 is 10.3 Å². The Kier molecular flexibility index (Phi) is 4.26. The van der Waals surface area contributed by atoms with Crippen LogP contribution in [0.25, 0.3) is 0 Å². The van der Waals surface area contributed by atoms with Gasteiger partial charge in [-0.3, -0.25) is 0 Å². The second-order valence-electron chi connectivity index (χ2n) is 4.65. The lowest BCUT2D eigenvalue weighted by Crippen LogP contribution is -2.35. The van der Waals surface area contributed by atoms with Crippen LogP contribution in [0.3, 0.4) is 0 Å². The molecule has 0 aliphatic rings. The highest BCUT2D eigenvalue weighted by Crippen LogP contribution is 2.19. The van der Waals surface area contributed by atoms with Gasteiger partial charge in [-0.1, -0.05) is 0 Å². The molecule has 0 radical (unpaired) electrons. The molecule has 0 aliphatic heterocycles. The molecule has 0 bridgehead atoms. The number of nitrogens with one attached hydrogen (secondary N) is 1. The van der Waals surface area contributed by atoms with E-state index >= 15 is 0 Å². The molecule has 1 aromatic heterocycles. The van der Waals surface area contributed by atoms with Gasteiger partial charge >= 0.3 is 0 Å². The van der Waals surface area contributed by atoms with Crippen LogP contribution in [0.1, 0.15) is 12.5 Å². The lowest BCUT2D eigenvalue weighted by Gasteiger charge is -2.15. The van der Waals surface area contributed by atoms with Gasteiger partial charge in [-0.05, 0) is 25.1 Å². The summed E-state index contributed by atoms with van der Waals surface area (Å²) in [6, 6.07) is 5.68. The molecule has 2 aromatic rings. The second kappa shape index (κ2) is 5.95. The summed E-state index contributed by atoms with van der Waals surface area (Å²) in [5, 5.41) is 8.77. The zero-order chi connectivity index (χ0) is 15.5. The average Bonchev–Trinajstić information content (AvgIpc) is 2.90. The Labute approximate surface area is 123 Å². The molecule has 3 N–H and O–H groups in total. The minimum Gasteiger partial charge on any atom is -0.398 e. The van der Waals surface area contributed by atoms with E-state index in [4.69, 9.17) is 11.0 Å². The number of rotatable bonds is 5. The third kappa shape index (κ3) is 3.59. The van der Waals surface area contributed by atoms with Crippen molar-refractivity contribution < 1.29 is 8.42 Å². The van der Waals surface area contributed by atoms with Gasteiger partial charge in [0.1, 0.15) is 4.90 Å². The van der Waals surface area contributed by atoms with Crippen molar-refractivity contribution in [2.75, 3.05) is 5.73 Å². The third-order valence-electron chi connectivity index (χ3n) is 2.83. The first-order valence-corrected chi connectivity index (χ1v) is 7.68. The number of nitrogens with zero attached hydrogens (tertiary/aromatic N) is 3. The molecule has 1 heterocycles. The molecule has 0 fully saturated rings. The van der Waals surface area contributed by atoms with Crippen LogP contribution in [0.2, 0.25) is 0 Å². The topological polar surface area (TPSA) is 114 Å². The fourth-order valence-electron chi connectivity index (χ4n) is 1.94. The van der Waals surface area contributed by atoms with Gasteiger partial charge in [0, 0.05) is 25.0 Å². The summed E-state index contributed by atoms with van der Waals surface area (Å²) in [6.45, 7) is 2.20. The van der Waals surface area contributed by atoms with E-state index in [1.54, 1.807) is 30.2 Å². The van der Waals surface area contributed by atoms with Crippen molar-refractivity contribution in [1.82, 2.24) is 14.3 Å². The summed E-state index contributed by atoms with van der Waals surface area (Å²) >= 11 is 0. The predicted molar refractivity (Wildman–Crippen MR) is 77.6 cm³/mol. The SMILES string of the molecule is CC(Cn1ccnc1)NS(=O)(=O)c1ccc(C#N)cc1N. The summed E-state index contributed by atoms with van der Waals surface area (Å²) in [7, 11) is -3.74. The highest BCUT2D eigenvalue weighted by atomic mass is 32.2. The maximum atomic E-state index is 12.3. The van der Waals surface area contributed by atoms with Crippen molar-refractivity contribution in [1.29, 1.82) is 5.26 Å². The normalized spacial score (nSPS) is 12.8. The number of nitrogens with two attached hydrogens (primary N) is 1. The van der Waals surface area contributed by atoms with E-state index in [2.05, 4.69) is 9.71 Å². The smallest absolute Gasteiger partial charge is 0.242 e. The Morgan fingerprint density at radius 1 is 1.52 bits per heavy atom. The lowest BCUT2D eigenvalue weighted by molar-refractivity contribution is 0.520. The number of imidazole rings is 1. The quantitative estimate of drug-likeness (QED) is 0.789. The number of hydrogen-bond donors (Lipinski definition) is 2. The van der Waals surface area contributed by atoms with Crippen LogP contribution < -0.4 is 10.5 Å². The van der Waals surface area contributed by atoms with E-state index in [0.29, 0.717) is 12.1 Å². The van der Waals surface area contributed by atoms with Gasteiger partial charge in [-0.25, -0.2) is 18.1 Å². The largest absolute Gasteiger partial charge is 0.398 e. The van der Waals surface area contributed by atoms with E-state index in [-0.39, 0.29) is 16.6 Å². The molecule has 0 saturated heterocycles. The predicted octanol–water partition coefficient (Wildman–Crippen LogP) is 0.704. The summed E-state index contributed by atoms with van der Waals surface area (Å²) < 4.78 is 28.9. The number of anilines is 1. The molecule has 0 aliphatic carbocycles. The molecular weight excluding hydrogens is 290 g/mol. The van der Waals surface area contributed by atoms with Crippen LogP contribution in [-0.4, -0.2) is 24.0 Å². The van der Waals surface area contributed by atoms with Crippen LogP contribution in [0.15, 0.2) is 41.8 Å². The van der Waals surface area contributed by atoms with E-state index in [0.717, 1.165) is 0 Å². The number of sulfonamides is 1. The standard InChI is InChI=1S/C13H15N5O2S/c1-10(8-18-5-4-16-9-18)17-21(19,20)13-3-2-11(7-14)6-12(13)15/h2-6,9-10,17H,8,15H2,1H3. The molecule has 2 rings (SSSR count). The van der Waals surface area contributed by atoms with Crippen molar-refractivity contribution in [3.63, 3.8) is 0 Å². The van der Waals surface area contributed by atoms with Gasteiger partial charge in [0.25, 0.3) is 0 Å². The molecule has 0 spiro atoms. The van der Waals surface area contributed by atoms with E-state index in [9.17, 15) is 8.42 Å². The number of nitriles is 1. The highest BCUT2D eigenvalue weighted by Gasteiger charge is 2.20. The molecular formula is C13H15N5O2S. The number of nitrogen functional groups attached to an aromatic ring is 1. The highest BCUT2D eigenvalue weighted by molar-refractivity contribution is 7.89. The molecule has 1 atom stereocenters.